The molecule has 0 radical (unpaired) electrons. The normalized spacial score (nSPS) is 15.4. The lowest BCUT2D eigenvalue weighted by atomic mass is 10.2. The molecule has 2 aromatic carbocycles. The first kappa shape index (κ1) is 18.0. The summed E-state index contributed by atoms with van der Waals surface area (Å²) in [5.41, 5.74) is 1.78. The summed E-state index contributed by atoms with van der Waals surface area (Å²) in [6.45, 7) is -0.00416. The molecule has 3 rings (SSSR count). The molecule has 0 aliphatic carbocycles. The molecule has 140 valence electrons. The molecule has 2 aromatic rings. The van der Waals surface area contributed by atoms with Gasteiger partial charge in [0.1, 0.15) is 12.4 Å². The third-order valence-corrected chi connectivity index (χ3v) is 3.68. The van der Waals surface area contributed by atoms with Gasteiger partial charge in [0.25, 0.3) is 11.6 Å². The number of carbonyl (C=O) groups excluding carboxylic acids is 1. The van der Waals surface area contributed by atoms with E-state index in [1.165, 1.54) is 7.11 Å². The van der Waals surface area contributed by atoms with Crippen LogP contribution >= 0.6 is 0 Å². The lowest BCUT2D eigenvalue weighted by Crippen LogP contribution is -2.42. The van der Waals surface area contributed by atoms with Gasteiger partial charge in [0.15, 0.2) is 11.5 Å². The molecule has 1 aliphatic heterocycles. The van der Waals surface area contributed by atoms with Crippen molar-refractivity contribution in [2.45, 2.75) is 6.10 Å². The number of hydrogen-bond acceptors (Lipinski definition) is 8. The van der Waals surface area contributed by atoms with Crippen LogP contribution in [0.2, 0.25) is 0 Å². The fraction of sp³-hybridized carbons (Fsp3) is 0.176. The molecule has 1 N–H and O–H groups in total. The average molecular weight is 372 g/mol. The number of nitrogens with zero attached hydrogens (tertiary/aromatic N) is 2. The highest BCUT2D eigenvalue weighted by Gasteiger charge is 2.27. The van der Waals surface area contributed by atoms with Crippen molar-refractivity contribution in [3.8, 4) is 23.0 Å². The highest BCUT2D eigenvalue weighted by atomic mass is 16.6. The Labute approximate surface area is 153 Å². The van der Waals surface area contributed by atoms with Crippen LogP contribution in [0, 0.1) is 10.1 Å². The van der Waals surface area contributed by atoms with Crippen molar-refractivity contribution in [3.63, 3.8) is 0 Å². The molecular formula is C17H14N3O7-. The monoisotopic (exact) mass is 372 g/mol. The third-order valence-electron chi connectivity index (χ3n) is 3.68. The largest absolute Gasteiger partial charge is 0.870 e. The van der Waals surface area contributed by atoms with Gasteiger partial charge in [-0.2, -0.15) is 5.10 Å². The number of amides is 1. The van der Waals surface area contributed by atoms with E-state index in [9.17, 15) is 20.0 Å². The molecule has 0 spiro atoms. The van der Waals surface area contributed by atoms with Gasteiger partial charge in [-0.25, -0.2) is 5.43 Å². The van der Waals surface area contributed by atoms with Gasteiger partial charge in [0.05, 0.1) is 24.3 Å². The van der Waals surface area contributed by atoms with Crippen molar-refractivity contribution in [1.29, 1.82) is 0 Å². The van der Waals surface area contributed by atoms with E-state index in [1.54, 1.807) is 24.3 Å². The summed E-state index contributed by atoms with van der Waals surface area (Å²) in [5, 5.41) is 26.7. The van der Waals surface area contributed by atoms with E-state index in [4.69, 9.17) is 14.2 Å². The number of methoxy groups -OCH3 is 1. The maximum atomic E-state index is 12.1. The molecule has 27 heavy (non-hydrogen) atoms. The van der Waals surface area contributed by atoms with Gasteiger partial charge in [0.2, 0.25) is 6.10 Å². The van der Waals surface area contributed by atoms with Crippen molar-refractivity contribution in [3.05, 3.63) is 52.1 Å². The second-order valence-corrected chi connectivity index (χ2v) is 5.42. The zero-order valence-corrected chi connectivity index (χ0v) is 14.1. The van der Waals surface area contributed by atoms with Crippen LogP contribution in [-0.2, 0) is 4.79 Å². The predicted octanol–water partition coefficient (Wildman–Crippen LogP) is 0.967. The Hall–Kier alpha value is -3.82. The van der Waals surface area contributed by atoms with Gasteiger partial charge < -0.3 is 19.3 Å². The maximum absolute atomic E-state index is 12.1. The number of hydrazone groups is 1. The second-order valence-electron chi connectivity index (χ2n) is 5.42. The smallest absolute Gasteiger partial charge is 0.284 e. The van der Waals surface area contributed by atoms with Crippen molar-refractivity contribution < 1.29 is 29.0 Å². The van der Waals surface area contributed by atoms with Crippen molar-refractivity contribution in [2.75, 3.05) is 13.7 Å². The first-order valence-electron chi connectivity index (χ1n) is 7.74. The third kappa shape index (κ3) is 3.89. The van der Waals surface area contributed by atoms with E-state index < -0.39 is 22.7 Å². The number of non-ortho nitro benzene ring substituents is 1. The number of benzene rings is 2. The average Bonchev–Trinajstić information content (AvgIpc) is 2.68. The molecule has 10 nitrogen and oxygen atoms in total. The lowest BCUT2D eigenvalue weighted by Gasteiger charge is -2.24. The standard InChI is InChI=1S/C17H15N3O7/c1-25-14-7-11(20(23)24)6-10(16(14)21)8-18-19-17(22)15-9-26-12-4-2-3-5-13(12)27-15/h2-8,15,21H,9H2,1H3,(H,19,22)/p-1. The van der Waals surface area contributed by atoms with Gasteiger partial charge in [0, 0.05) is 6.07 Å². The molecule has 10 heteroatoms. The quantitative estimate of drug-likeness (QED) is 0.469. The van der Waals surface area contributed by atoms with Gasteiger partial charge in [-0.1, -0.05) is 17.9 Å². The molecule has 1 unspecified atom stereocenters. The number of nitrogens with one attached hydrogen (secondary N) is 1. The van der Waals surface area contributed by atoms with Gasteiger partial charge in [-0.3, -0.25) is 14.9 Å². The van der Waals surface area contributed by atoms with E-state index in [0.29, 0.717) is 11.5 Å². The Kier molecular flexibility index (Phi) is 5.06. The molecule has 1 atom stereocenters. The van der Waals surface area contributed by atoms with Crippen molar-refractivity contribution in [1.82, 2.24) is 5.43 Å². The molecule has 1 aliphatic rings. The van der Waals surface area contributed by atoms with Crippen molar-refractivity contribution in [2.24, 2.45) is 5.10 Å². The SMILES string of the molecule is COc1cc([N+](=O)[O-])cc(C=NNC(=O)C2COc3ccccc3O2)c1[O-]. The van der Waals surface area contributed by atoms with Crippen LogP contribution in [0.3, 0.4) is 0 Å². The van der Waals surface area contributed by atoms with Crippen LogP contribution < -0.4 is 24.7 Å². The highest BCUT2D eigenvalue weighted by molar-refractivity contribution is 5.88. The summed E-state index contributed by atoms with van der Waals surface area (Å²) >= 11 is 0. The number of fused-ring (bicyclic) bond motifs is 1. The molecule has 1 amide bonds. The van der Waals surface area contributed by atoms with E-state index >= 15 is 0 Å². The van der Waals surface area contributed by atoms with Crippen LogP contribution in [-0.4, -0.2) is 36.9 Å². The fourth-order valence-corrected chi connectivity index (χ4v) is 2.35. The Morgan fingerprint density at radius 3 is 2.81 bits per heavy atom. The minimum Gasteiger partial charge on any atom is -0.870 e. The van der Waals surface area contributed by atoms with E-state index in [0.717, 1.165) is 18.3 Å². The Morgan fingerprint density at radius 2 is 2.11 bits per heavy atom. The Balaban J connectivity index is 1.70. The number of carbonyl (C=O) groups is 1. The highest BCUT2D eigenvalue weighted by Crippen LogP contribution is 2.32. The van der Waals surface area contributed by atoms with E-state index in [-0.39, 0.29) is 23.6 Å². The topological polar surface area (TPSA) is 135 Å². The van der Waals surface area contributed by atoms with Gasteiger partial charge >= 0.3 is 0 Å². The minimum absolute atomic E-state index is 0.00416. The molecule has 0 bridgehead atoms. The van der Waals surface area contributed by atoms with Crippen LogP contribution in [0.1, 0.15) is 5.56 Å². The first-order chi connectivity index (χ1) is 13.0. The summed E-state index contributed by atoms with van der Waals surface area (Å²) < 4.78 is 15.8. The zero-order valence-electron chi connectivity index (χ0n) is 14.1. The Bertz CT molecular complexity index is 913. The maximum Gasteiger partial charge on any atom is 0.284 e. The summed E-state index contributed by atoms with van der Waals surface area (Å²) in [6, 6.07) is 8.96. The molecular weight excluding hydrogens is 358 g/mol. The number of nitro groups is 1. The van der Waals surface area contributed by atoms with Gasteiger partial charge in [-0.05, 0) is 17.7 Å². The number of rotatable bonds is 5. The van der Waals surface area contributed by atoms with Crippen LogP contribution in [0.25, 0.3) is 0 Å². The predicted molar refractivity (Wildman–Crippen MR) is 91.2 cm³/mol. The first-order valence-corrected chi connectivity index (χ1v) is 7.74. The summed E-state index contributed by atoms with van der Waals surface area (Å²) in [6.07, 6.45) is 0.0799. The minimum atomic E-state index is -0.927. The van der Waals surface area contributed by atoms with Crippen LogP contribution in [0.15, 0.2) is 41.5 Å². The summed E-state index contributed by atoms with van der Waals surface area (Å²) in [5.74, 6) is -0.418. The summed E-state index contributed by atoms with van der Waals surface area (Å²) in [4.78, 5) is 22.4. The molecule has 0 aromatic heterocycles. The number of para-hydroxylation sites is 2. The Morgan fingerprint density at radius 1 is 1.37 bits per heavy atom. The molecule has 0 saturated heterocycles. The molecule has 1 heterocycles. The molecule has 0 fully saturated rings. The van der Waals surface area contributed by atoms with E-state index in [1.807, 2.05) is 0 Å². The van der Waals surface area contributed by atoms with Crippen LogP contribution in [0.5, 0.6) is 23.0 Å². The molecule has 0 saturated carbocycles. The van der Waals surface area contributed by atoms with E-state index in [2.05, 4.69) is 10.5 Å². The second kappa shape index (κ2) is 7.60. The number of ether oxygens (including phenoxy) is 3. The van der Waals surface area contributed by atoms with Crippen LogP contribution in [0.4, 0.5) is 5.69 Å². The van der Waals surface area contributed by atoms with Crippen molar-refractivity contribution >= 4 is 17.8 Å². The lowest BCUT2D eigenvalue weighted by molar-refractivity contribution is -0.385. The number of hydrogen-bond donors (Lipinski definition) is 1. The summed E-state index contributed by atoms with van der Waals surface area (Å²) in [7, 11) is 1.22. The zero-order chi connectivity index (χ0) is 19.4. The van der Waals surface area contributed by atoms with Gasteiger partial charge in [-0.15, -0.1) is 0 Å². The fourth-order valence-electron chi connectivity index (χ4n) is 2.35. The number of nitro benzene ring substituents is 1.